The van der Waals surface area contributed by atoms with Gasteiger partial charge in [0.1, 0.15) is 18.3 Å². The molecule has 5 unspecified atom stereocenters. The van der Waals surface area contributed by atoms with Crippen LogP contribution < -0.4 is 16.1 Å². The maximum absolute atomic E-state index is 11.8. The molecule has 10 nitrogen and oxygen atoms in total. The van der Waals surface area contributed by atoms with Gasteiger partial charge in [-0.1, -0.05) is 18.2 Å². The SMILES string of the molecule is CC(=O)NC1C(NOC(=O)Nc2ccccc2)OC(CO)C(O)C1O. The molecule has 5 atom stereocenters. The van der Waals surface area contributed by atoms with Crippen molar-refractivity contribution in [3.63, 3.8) is 0 Å². The normalized spacial score (nSPS) is 28.9. The second-order valence-corrected chi connectivity index (χ2v) is 5.48. The zero-order chi connectivity index (χ0) is 18.4. The molecule has 6 N–H and O–H groups in total. The topological polar surface area (TPSA) is 149 Å². The number of rotatable bonds is 5. The zero-order valence-electron chi connectivity index (χ0n) is 13.5. The number of ether oxygens (including phenoxy) is 1. The molecular weight excluding hydrogens is 334 g/mol. The van der Waals surface area contributed by atoms with Gasteiger partial charge in [-0.05, 0) is 12.1 Å². The molecule has 2 amide bonds. The van der Waals surface area contributed by atoms with Crippen LogP contribution in [0.4, 0.5) is 10.5 Å². The first kappa shape index (κ1) is 19.1. The molecule has 0 aliphatic carbocycles. The highest BCUT2D eigenvalue weighted by atomic mass is 16.7. The predicted octanol–water partition coefficient (Wildman–Crippen LogP) is -1.32. The molecule has 1 aromatic rings. The van der Waals surface area contributed by atoms with Gasteiger partial charge in [0.2, 0.25) is 5.91 Å². The van der Waals surface area contributed by atoms with Crippen LogP contribution in [0.5, 0.6) is 0 Å². The van der Waals surface area contributed by atoms with Crippen LogP contribution in [-0.4, -0.2) is 64.5 Å². The van der Waals surface area contributed by atoms with Gasteiger partial charge in [-0.15, -0.1) is 5.48 Å². The monoisotopic (exact) mass is 355 g/mol. The Balaban J connectivity index is 1.98. The van der Waals surface area contributed by atoms with E-state index in [1.165, 1.54) is 6.92 Å². The summed E-state index contributed by atoms with van der Waals surface area (Å²) < 4.78 is 5.34. The fraction of sp³-hybridized carbons (Fsp3) is 0.467. The van der Waals surface area contributed by atoms with E-state index in [2.05, 4.69) is 16.1 Å². The minimum absolute atomic E-state index is 0.483. The molecule has 2 rings (SSSR count). The minimum Gasteiger partial charge on any atom is -0.394 e. The third-order valence-electron chi connectivity index (χ3n) is 3.58. The van der Waals surface area contributed by atoms with Gasteiger partial charge in [-0.25, -0.2) is 4.79 Å². The van der Waals surface area contributed by atoms with E-state index in [9.17, 15) is 24.9 Å². The summed E-state index contributed by atoms with van der Waals surface area (Å²) in [7, 11) is 0. The summed E-state index contributed by atoms with van der Waals surface area (Å²) in [6.45, 7) is 0.649. The second kappa shape index (κ2) is 8.74. The quantitative estimate of drug-likeness (QED) is 0.356. The van der Waals surface area contributed by atoms with E-state index in [0.717, 1.165) is 0 Å². The Morgan fingerprint density at radius 1 is 1.20 bits per heavy atom. The first-order chi connectivity index (χ1) is 11.9. The average molecular weight is 355 g/mol. The van der Waals surface area contributed by atoms with Crippen LogP contribution in [0, 0.1) is 0 Å². The summed E-state index contributed by atoms with van der Waals surface area (Å²) in [5.41, 5.74) is 2.78. The van der Waals surface area contributed by atoms with Crippen LogP contribution in [0.1, 0.15) is 6.92 Å². The molecule has 1 aliphatic rings. The lowest BCUT2D eigenvalue weighted by atomic mass is 9.96. The molecule has 1 aromatic carbocycles. The lowest BCUT2D eigenvalue weighted by molar-refractivity contribution is -0.221. The molecule has 1 heterocycles. The fourth-order valence-corrected chi connectivity index (χ4v) is 2.39. The number of aliphatic hydroxyl groups is 3. The van der Waals surface area contributed by atoms with Gasteiger partial charge in [0, 0.05) is 12.6 Å². The minimum atomic E-state index is -1.44. The largest absolute Gasteiger partial charge is 0.430 e. The number of amides is 2. The van der Waals surface area contributed by atoms with Gasteiger partial charge in [-0.3, -0.25) is 10.1 Å². The van der Waals surface area contributed by atoms with Crippen LogP contribution in [0.3, 0.4) is 0 Å². The van der Waals surface area contributed by atoms with Crippen molar-refractivity contribution in [3.8, 4) is 0 Å². The van der Waals surface area contributed by atoms with Gasteiger partial charge < -0.3 is 30.2 Å². The molecule has 1 aliphatic heterocycles. The van der Waals surface area contributed by atoms with Crippen LogP contribution in [0.15, 0.2) is 30.3 Å². The first-order valence-corrected chi connectivity index (χ1v) is 7.60. The van der Waals surface area contributed by atoms with Crippen molar-refractivity contribution in [3.05, 3.63) is 30.3 Å². The van der Waals surface area contributed by atoms with Crippen molar-refractivity contribution in [1.82, 2.24) is 10.8 Å². The molecule has 0 bridgehead atoms. The summed E-state index contributed by atoms with van der Waals surface area (Å²) in [6, 6.07) is 7.44. The Labute approximate surface area is 143 Å². The standard InChI is InChI=1S/C15H21N3O7/c1-8(20)16-11-13(22)12(21)10(7-19)24-14(11)18-25-15(23)17-9-5-3-2-4-6-9/h2-6,10-14,18-19,21-22H,7H2,1H3,(H,16,20)(H,17,23). The molecule has 0 aromatic heterocycles. The highest BCUT2D eigenvalue weighted by Crippen LogP contribution is 2.20. The van der Waals surface area contributed by atoms with Crippen LogP contribution in [0.25, 0.3) is 0 Å². The average Bonchev–Trinajstić information content (AvgIpc) is 2.59. The molecule has 138 valence electrons. The number of hydrogen-bond donors (Lipinski definition) is 6. The van der Waals surface area contributed by atoms with E-state index in [4.69, 9.17) is 9.57 Å². The Hall–Kier alpha value is -2.24. The van der Waals surface area contributed by atoms with Crippen molar-refractivity contribution in [1.29, 1.82) is 0 Å². The van der Waals surface area contributed by atoms with Crippen molar-refractivity contribution >= 4 is 17.7 Å². The number of hydrogen-bond acceptors (Lipinski definition) is 8. The third-order valence-corrected chi connectivity index (χ3v) is 3.58. The molecule has 1 fully saturated rings. The van der Waals surface area contributed by atoms with Crippen molar-refractivity contribution in [2.24, 2.45) is 0 Å². The number of anilines is 1. The first-order valence-electron chi connectivity index (χ1n) is 7.60. The Bertz CT molecular complexity index is 586. The number of carbonyl (C=O) groups excluding carboxylic acids is 2. The maximum atomic E-state index is 11.8. The second-order valence-electron chi connectivity index (χ2n) is 5.48. The number of aliphatic hydroxyl groups excluding tert-OH is 3. The summed E-state index contributed by atoms with van der Waals surface area (Å²) in [6.07, 6.45) is -6.00. The van der Waals surface area contributed by atoms with E-state index in [-0.39, 0.29) is 0 Å². The van der Waals surface area contributed by atoms with Crippen LogP contribution >= 0.6 is 0 Å². The molecule has 0 spiro atoms. The van der Waals surface area contributed by atoms with Crippen molar-refractivity contribution < 1.29 is 34.5 Å². The van der Waals surface area contributed by atoms with Crippen molar-refractivity contribution in [2.45, 2.75) is 37.5 Å². The van der Waals surface area contributed by atoms with E-state index >= 15 is 0 Å². The van der Waals surface area contributed by atoms with E-state index in [0.29, 0.717) is 5.69 Å². The van der Waals surface area contributed by atoms with Gasteiger partial charge in [0.05, 0.1) is 12.6 Å². The number of nitrogens with one attached hydrogen (secondary N) is 3. The number of hydroxylamine groups is 1. The van der Waals surface area contributed by atoms with Crippen molar-refractivity contribution in [2.75, 3.05) is 11.9 Å². The number of benzene rings is 1. The maximum Gasteiger partial charge on any atom is 0.430 e. The van der Waals surface area contributed by atoms with Crippen LogP contribution in [-0.2, 0) is 14.4 Å². The lowest BCUT2D eigenvalue weighted by Crippen LogP contribution is -2.67. The van der Waals surface area contributed by atoms with E-state index in [1.54, 1.807) is 30.3 Å². The molecule has 0 radical (unpaired) electrons. The summed E-state index contributed by atoms with van der Waals surface area (Å²) >= 11 is 0. The van der Waals surface area contributed by atoms with Crippen LogP contribution in [0.2, 0.25) is 0 Å². The van der Waals surface area contributed by atoms with Gasteiger partial charge in [0.25, 0.3) is 0 Å². The smallest absolute Gasteiger partial charge is 0.394 e. The highest BCUT2D eigenvalue weighted by molar-refractivity contribution is 5.84. The van der Waals surface area contributed by atoms with Gasteiger partial charge >= 0.3 is 6.09 Å². The molecule has 10 heteroatoms. The Kier molecular flexibility index (Phi) is 6.67. The molecular formula is C15H21N3O7. The summed E-state index contributed by atoms with van der Waals surface area (Å²) in [5, 5.41) is 34.0. The summed E-state index contributed by atoms with van der Waals surface area (Å²) in [4.78, 5) is 27.9. The number of carbonyl (C=O) groups is 2. The summed E-state index contributed by atoms with van der Waals surface area (Å²) in [5.74, 6) is -0.483. The predicted molar refractivity (Wildman–Crippen MR) is 85.0 cm³/mol. The Morgan fingerprint density at radius 2 is 1.88 bits per heavy atom. The number of para-hydroxylation sites is 1. The molecule has 25 heavy (non-hydrogen) atoms. The Morgan fingerprint density at radius 3 is 2.48 bits per heavy atom. The van der Waals surface area contributed by atoms with E-state index in [1.807, 2.05) is 0 Å². The fourth-order valence-electron chi connectivity index (χ4n) is 2.39. The highest BCUT2D eigenvalue weighted by Gasteiger charge is 2.45. The third kappa shape index (κ3) is 5.11. The van der Waals surface area contributed by atoms with E-state index < -0.39 is 49.2 Å². The van der Waals surface area contributed by atoms with Gasteiger partial charge in [-0.2, -0.15) is 0 Å². The lowest BCUT2D eigenvalue weighted by Gasteiger charge is -2.42. The molecule has 1 saturated heterocycles. The zero-order valence-corrected chi connectivity index (χ0v) is 13.5. The van der Waals surface area contributed by atoms with Gasteiger partial charge in [0.15, 0.2) is 6.23 Å². The molecule has 0 saturated carbocycles.